The molecule has 1 unspecified atom stereocenters. The largest absolute Gasteiger partial charge is 0.490 e. The zero-order valence-electron chi connectivity index (χ0n) is 7.39. The summed E-state index contributed by atoms with van der Waals surface area (Å²) in [4.78, 5) is 37.4. The van der Waals surface area contributed by atoms with E-state index in [0.29, 0.717) is 0 Å². The van der Waals surface area contributed by atoms with Gasteiger partial charge in [-0.25, -0.2) is 18.7 Å². The highest BCUT2D eigenvalue weighted by molar-refractivity contribution is 7.75. The maximum Gasteiger partial charge on any atom is 0.490 e. The molecule has 88 valence electrons. The highest BCUT2D eigenvalue weighted by Gasteiger charge is 2.43. The highest BCUT2D eigenvalue weighted by Crippen LogP contribution is 2.53. The molecule has 0 aliphatic carbocycles. The number of hydrogen-bond donors (Lipinski definition) is 3. The van der Waals surface area contributed by atoms with Gasteiger partial charge in [0.2, 0.25) is 0 Å². The van der Waals surface area contributed by atoms with Crippen LogP contribution in [-0.4, -0.2) is 32.9 Å². The first kappa shape index (κ1) is 14.3. The van der Waals surface area contributed by atoms with Gasteiger partial charge in [-0.3, -0.25) is 4.52 Å². The van der Waals surface area contributed by atoms with Crippen molar-refractivity contribution in [1.82, 2.24) is 0 Å². The molecule has 0 radical (unpaired) electrons. The van der Waals surface area contributed by atoms with E-state index in [-0.39, 0.29) is 6.61 Å². The normalized spacial score (nSPS) is 15.4. The Balaban J connectivity index is 4.88. The van der Waals surface area contributed by atoms with E-state index in [0.717, 1.165) is 0 Å². The quantitative estimate of drug-likeness (QED) is 0.621. The molecule has 9 nitrogen and oxygen atoms in total. The summed E-state index contributed by atoms with van der Waals surface area (Å²) in [6.45, 7) is 0.902. The number of carbonyl (C=O) groups is 2. The van der Waals surface area contributed by atoms with Gasteiger partial charge < -0.3 is 19.4 Å². The molecule has 0 amide bonds. The van der Waals surface area contributed by atoms with Crippen LogP contribution in [0.4, 0.5) is 9.59 Å². The highest BCUT2D eigenvalue weighted by atomic mass is 31.2. The molecular formula is C4H8O9P2. The topological polar surface area (TPSA) is 147 Å². The van der Waals surface area contributed by atoms with Crippen molar-refractivity contribution in [1.29, 1.82) is 0 Å². The Labute approximate surface area is 83.7 Å². The Morgan fingerprint density at radius 3 is 2.00 bits per heavy atom. The van der Waals surface area contributed by atoms with Crippen LogP contribution < -0.4 is 0 Å². The van der Waals surface area contributed by atoms with Crippen LogP contribution in [0.2, 0.25) is 0 Å². The van der Waals surface area contributed by atoms with Gasteiger partial charge in [-0.1, -0.05) is 0 Å². The molecule has 0 heterocycles. The summed E-state index contributed by atoms with van der Waals surface area (Å²) in [6, 6.07) is 0. The van der Waals surface area contributed by atoms with Crippen molar-refractivity contribution in [3.05, 3.63) is 0 Å². The number of rotatable bonds is 5. The smallest absolute Gasteiger partial charge is 0.471 e. The van der Waals surface area contributed by atoms with Gasteiger partial charge in [0.1, 0.15) is 0 Å². The summed E-state index contributed by atoms with van der Waals surface area (Å²) in [5.41, 5.74) is -4.31. The fourth-order valence-electron chi connectivity index (χ4n) is 0.447. The minimum atomic E-state index is -5.29. The lowest BCUT2D eigenvalue weighted by Crippen LogP contribution is -2.09. The Morgan fingerprint density at radius 2 is 1.73 bits per heavy atom. The zero-order valence-corrected chi connectivity index (χ0v) is 9.18. The van der Waals surface area contributed by atoms with E-state index in [1.807, 2.05) is 0 Å². The Hall–Kier alpha value is -0.720. The molecule has 0 aliphatic rings. The van der Waals surface area contributed by atoms with E-state index >= 15 is 0 Å². The molecule has 11 heteroatoms. The van der Waals surface area contributed by atoms with Crippen molar-refractivity contribution in [2.24, 2.45) is 0 Å². The molecule has 1 atom stereocenters. The third kappa shape index (κ3) is 4.11. The van der Waals surface area contributed by atoms with Crippen LogP contribution in [0.3, 0.4) is 0 Å². The lowest BCUT2D eigenvalue weighted by atomic mass is 10.9. The fraction of sp³-hybridized carbons (Fsp3) is 0.500. The van der Waals surface area contributed by atoms with Crippen molar-refractivity contribution in [3.63, 3.8) is 0 Å². The Morgan fingerprint density at radius 1 is 1.27 bits per heavy atom. The van der Waals surface area contributed by atoms with Crippen LogP contribution in [-0.2, 0) is 18.2 Å². The second kappa shape index (κ2) is 4.87. The average molecular weight is 262 g/mol. The maximum absolute atomic E-state index is 11.2. The summed E-state index contributed by atoms with van der Waals surface area (Å²) in [6.07, 6.45) is 0. The second-order valence-corrected chi connectivity index (χ2v) is 5.37. The first-order valence-corrected chi connectivity index (χ1v) is 6.56. The molecule has 0 rings (SSSR count). The van der Waals surface area contributed by atoms with Crippen molar-refractivity contribution < 1.29 is 42.7 Å². The van der Waals surface area contributed by atoms with Gasteiger partial charge in [-0.2, -0.15) is 0 Å². The van der Waals surface area contributed by atoms with Gasteiger partial charge in [0, 0.05) is 0 Å². The Bertz CT molecular complexity index is 353. The van der Waals surface area contributed by atoms with Crippen LogP contribution in [0.25, 0.3) is 0 Å². The maximum atomic E-state index is 11.2. The van der Waals surface area contributed by atoms with Gasteiger partial charge >= 0.3 is 26.6 Å². The minimum Gasteiger partial charge on any atom is -0.471 e. The monoisotopic (exact) mass is 262 g/mol. The lowest BCUT2D eigenvalue weighted by Gasteiger charge is -2.12. The van der Waals surface area contributed by atoms with E-state index in [1.54, 1.807) is 0 Å². The van der Waals surface area contributed by atoms with Crippen LogP contribution >= 0.6 is 15.2 Å². The summed E-state index contributed by atoms with van der Waals surface area (Å²) in [7, 11) is -10.2. The second-order valence-electron chi connectivity index (χ2n) is 2.10. The van der Waals surface area contributed by atoms with Crippen molar-refractivity contribution >= 4 is 26.6 Å². The van der Waals surface area contributed by atoms with Gasteiger partial charge in [0.25, 0.3) is 0 Å². The molecule has 0 aromatic carbocycles. The molecule has 3 N–H and O–H groups in total. The van der Waals surface area contributed by atoms with Crippen LogP contribution in [0.5, 0.6) is 0 Å². The number of carbonyl (C=O) groups excluding carboxylic acids is 1. The van der Waals surface area contributed by atoms with Gasteiger partial charge in [-0.15, -0.1) is 0 Å². The molecule has 0 bridgehead atoms. The van der Waals surface area contributed by atoms with Crippen molar-refractivity contribution in [2.45, 2.75) is 6.92 Å². The molecule has 0 aliphatic heterocycles. The number of hydrogen-bond acceptors (Lipinski definition) is 6. The molecule has 15 heavy (non-hydrogen) atoms. The third-order valence-corrected chi connectivity index (χ3v) is 3.15. The first-order valence-electron chi connectivity index (χ1n) is 3.41. The molecule has 0 saturated heterocycles. The van der Waals surface area contributed by atoms with Crippen molar-refractivity contribution in [3.8, 4) is 0 Å². The molecule has 0 aromatic heterocycles. The predicted octanol–water partition coefficient (Wildman–Crippen LogP) is 1.21. The molecule has 0 fully saturated rings. The standard InChI is InChI=1S/C4H8O9P2/c1-2-12-15(11,3(5)6)13-4(7)14(8,9)10/h2H2,1H3,(H,5,6)(H2,8,9,10). The third-order valence-electron chi connectivity index (χ3n) is 0.969. The Kier molecular flexibility index (Phi) is 4.64. The van der Waals surface area contributed by atoms with Crippen molar-refractivity contribution in [2.75, 3.05) is 6.61 Å². The molecule has 0 saturated carbocycles. The molecule has 0 spiro atoms. The predicted molar refractivity (Wildman–Crippen MR) is 45.8 cm³/mol. The first-order chi connectivity index (χ1) is 6.63. The van der Waals surface area contributed by atoms with Crippen LogP contribution in [0, 0.1) is 0 Å². The zero-order chi connectivity index (χ0) is 12.3. The SMILES string of the molecule is CCOP(=O)(OC(=O)P(=O)(O)O)C(=O)O. The van der Waals surface area contributed by atoms with Gasteiger partial charge in [0.15, 0.2) is 0 Å². The van der Waals surface area contributed by atoms with E-state index < -0.39 is 26.6 Å². The molecule has 0 aromatic rings. The summed E-state index contributed by atoms with van der Waals surface area (Å²) in [5.74, 6) is 0. The van der Waals surface area contributed by atoms with Crippen LogP contribution in [0.1, 0.15) is 6.92 Å². The summed E-state index contributed by atoms with van der Waals surface area (Å²) < 4.78 is 29.2. The van der Waals surface area contributed by atoms with E-state index in [2.05, 4.69) is 9.05 Å². The van der Waals surface area contributed by atoms with Crippen LogP contribution in [0.15, 0.2) is 0 Å². The van der Waals surface area contributed by atoms with E-state index in [4.69, 9.17) is 14.9 Å². The fourth-order valence-corrected chi connectivity index (χ4v) is 1.98. The average Bonchev–Trinajstić information content (AvgIpc) is 2.02. The lowest BCUT2D eigenvalue weighted by molar-refractivity contribution is 0.179. The van der Waals surface area contributed by atoms with E-state index in [9.17, 15) is 18.7 Å². The summed E-state index contributed by atoms with van der Waals surface area (Å²) >= 11 is 0. The number of carboxylic acid groups (broad SMARTS) is 1. The molecular weight excluding hydrogens is 254 g/mol. The summed E-state index contributed by atoms with van der Waals surface area (Å²) in [5, 5.41) is 8.36. The minimum absolute atomic E-state index is 0.363. The van der Waals surface area contributed by atoms with Gasteiger partial charge in [0.05, 0.1) is 6.61 Å². The van der Waals surface area contributed by atoms with E-state index in [1.165, 1.54) is 6.92 Å². The van der Waals surface area contributed by atoms with Gasteiger partial charge in [-0.05, 0) is 6.92 Å².